The number of hydrogen-bond donors (Lipinski definition) is 2. The standard InChI is InChI=1S/C14H22N2O3/c1-13(2,12(17)18)14(3,4)15-9-10-7-6-8-11(16-10)19-5/h6-8,15H,9H2,1-5H3,(H,17,18). The number of aromatic nitrogens is 1. The van der Waals surface area contributed by atoms with Crippen molar-refractivity contribution in [2.24, 2.45) is 5.41 Å². The van der Waals surface area contributed by atoms with Gasteiger partial charge in [-0.1, -0.05) is 6.07 Å². The lowest BCUT2D eigenvalue weighted by Gasteiger charge is -2.39. The molecule has 0 fully saturated rings. The van der Waals surface area contributed by atoms with E-state index in [0.29, 0.717) is 12.4 Å². The Bertz CT molecular complexity index is 456. The Kier molecular flexibility index (Phi) is 4.52. The zero-order chi connectivity index (χ0) is 14.7. The van der Waals surface area contributed by atoms with Crippen molar-refractivity contribution in [2.45, 2.75) is 39.8 Å². The molecule has 0 radical (unpaired) electrons. The number of ether oxygens (including phenoxy) is 1. The Balaban J connectivity index is 2.77. The Morgan fingerprint density at radius 2 is 2.00 bits per heavy atom. The van der Waals surface area contributed by atoms with E-state index in [1.807, 2.05) is 26.0 Å². The van der Waals surface area contributed by atoms with Crippen LogP contribution in [0.5, 0.6) is 5.88 Å². The number of carbonyl (C=O) groups is 1. The van der Waals surface area contributed by atoms with Crippen molar-refractivity contribution in [3.63, 3.8) is 0 Å². The first kappa shape index (κ1) is 15.4. The Morgan fingerprint density at radius 3 is 2.53 bits per heavy atom. The van der Waals surface area contributed by atoms with E-state index >= 15 is 0 Å². The third-order valence-electron chi connectivity index (χ3n) is 3.80. The van der Waals surface area contributed by atoms with Crippen LogP contribution in [0.4, 0.5) is 0 Å². The average Bonchev–Trinajstić information content (AvgIpc) is 2.36. The zero-order valence-corrected chi connectivity index (χ0v) is 12.2. The van der Waals surface area contributed by atoms with Gasteiger partial charge in [0.2, 0.25) is 5.88 Å². The molecule has 1 aromatic heterocycles. The summed E-state index contributed by atoms with van der Waals surface area (Å²) in [5, 5.41) is 12.5. The highest BCUT2D eigenvalue weighted by atomic mass is 16.5. The van der Waals surface area contributed by atoms with Gasteiger partial charge < -0.3 is 15.2 Å². The second kappa shape index (κ2) is 5.57. The molecule has 0 bridgehead atoms. The van der Waals surface area contributed by atoms with Gasteiger partial charge in [-0.25, -0.2) is 4.98 Å². The topological polar surface area (TPSA) is 71.5 Å². The summed E-state index contributed by atoms with van der Waals surface area (Å²) in [5.41, 5.74) is -0.635. The van der Waals surface area contributed by atoms with E-state index in [-0.39, 0.29) is 0 Å². The maximum atomic E-state index is 11.3. The molecule has 1 heterocycles. The van der Waals surface area contributed by atoms with E-state index in [9.17, 15) is 9.90 Å². The number of carboxylic acid groups (broad SMARTS) is 1. The second-order valence-electron chi connectivity index (χ2n) is 5.58. The molecule has 19 heavy (non-hydrogen) atoms. The van der Waals surface area contributed by atoms with Gasteiger partial charge in [0.05, 0.1) is 18.2 Å². The molecule has 106 valence electrons. The van der Waals surface area contributed by atoms with E-state index in [0.717, 1.165) is 5.69 Å². The molecule has 0 aliphatic rings. The summed E-state index contributed by atoms with van der Waals surface area (Å²) in [4.78, 5) is 15.6. The quantitative estimate of drug-likeness (QED) is 0.824. The van der Waals surface area contributed by atoms with E-state index in [2.05, 4.69) is 10.3 Å². The monoisotopic (exact) mass is 266 g/mol. The molecule has 0 aliphatic heterocycles. The van der Waals surface area contributed by atoms with Crippen LogP contribution in [0.25, 0.3) is 0 Å². The average molecular weight is 266 g/mol. The maximum absolute atomic E-state index is 11.3. The number of nitrogens with zero attached hydrogens (tertiary/aromatic N) is 1. The van der Waals surface area contributed by atoms with Gasteiger partial charge in [0.25, 0.3) is 0 Å². The number of rotatable bonds is 6. The van der Waals surface area contributed by atoms with Crippen molar-refractivity contribution < 1.29 is 14.6 Å². The maximum Gasteiger partial charge on any atom is 0.310 e. The Labute approximate surface area is 114 Å². The highest BCUT2D eigenvalue weighted by Gasteiger charge is 2.43. The van der Waals surface area contributed by atoms with Crippen LogP contribution < -0.4 is 10.1 Å². The van der Waals surface area contributed by atoms with Crippen molar-refractivity contribution in [3.05, 3.63) is 23.9 Å². The van der Waals surface area contributed by atoms with Crippen LogP contribution >= 0.6 is 0 Å². The van der Waals surface area contributed by atoms with Crippen molar-refractivity contribution in [1.29, 1.82) is 0 Å². The summed E-state index contributed by atoms with van der Waals surface area (Å²) >= 11 is 0. The number of methoxy groups -OCH3 is 1. The van der Waals surface area contributed by atoms with Gasteiger partial charge in [0.1, 0.15) is 0 Å². The molecule has 0 aliphatic carbocycles. The first-order chi connectivity index (χ1) is 8.70. The molecule has 1 rings (SSSR count). The number of hydrogen-bond acceptors (Lipinski definition) is 4. The van der Waals surface area contributed by atoms with E-state index in [4.69, 9.17) is 4.74 Å². The summed E-state index contributed by atoms with van der Waals surface area (Å²) in [6, 6.07) is 5.51. The predicted molar refractivity (Wildman–Crippen MR) is 73.1 cm³/mol. The third kappa shape index (κ3) is 3.44. The van der Waals surface area contributed by atoms with Gasteiger partial charge in [0.15, 0.2) is 0 Å². The molecule has 5 heteroatoms. The van der Waals surface area contributed by atoms with Crippen LogP contribution in [0.15, 0.2) is 18.2 Å². The van der Waals surface area contributed by atoms with Gasteiger partial charge >= 0.3 is 5.97 Å². The number of nitrogens with one attached hydrogen (secondary N) is 1. The summed E-state index contributed by atoms with van der Waals surface area (Å²) in [6.07, 6.45) is 0. The molecule has 5 nitrogen and oxygen atoms in total. The second-order valence-corrected chi connectivity index (χ2v) is 5.58. The fourth-order valence-electron chi connectivity index (χ4n) is 1.47. The van der Waals surface area contributed by atoms with Crippen LogP contribution in [-0.2, 0) is 11.3 Å². The minimum absolute atomic E-state index is 0.487. The molecule has 0 spiro atoms. The summed E-state index contributed by atoms with van der Waals surface area (Å²) in [7, 11) is 1.57. The van der Waals surface area contributed by atoms with Gasteiger partial charge in [-0.15, -0.1) is 0 Å². The van der Waals surface area contributed by atoms with Gasteiger partial charge in [0, 0.05) is 18.2 Å². The minimum atomic E-state index is -0.883. The lowest BCUT2D eigenvalue weighted by Crippen LogP contribution is -2.54. The van der Waals surface area contributed by atoms with Crippen molar-refractivity contribution in [2.75, 3.05) is 7.11 Å². The molecule has 1 aromatic rings. The SMILES string of the molecule is COc1cccc(CNC(C)(C)C(C)(C)C(=O)O)n1. The molecular weight excluding hydrogens is 244 g/mol. The molecule has 0 aromatic carbocycles. The van der Waals surface area contributed by atoms with Crippen LogP contribution in [0, 0.1) is 5.41 Å². The molecule has 2 N–H and O–H groups in total. The minimum Gasteiger partial charge on any atom is -0.481 e. The highest BCUT2D eigenvalue weighted by Crippen LogP contribution is 2.30. The van der Waals surface area contributed by atoms with Gasteiger partial charge in [-0.05, 0) is 33.8 Å². The van der Waals surface area contributed by atoms with Crippen molar-refractivity contribution in [3.8, 4) is 5.88 Å². The Morgan fingerprint density at radius 1 is 1.37 bits per heavy atom. The summed E-state index contributed by atoms with van der Waals surface area (Å²) in [6.45, 7) is 7.66. The number of aliphatic carboxylic acids is 1. The lowest BCUT2D eigenvalue weighted by molar-refractivity contribution is -0.151. The fourth-order valence-corrected chi connectivity index (χ4v) is 1.47. The van der Waals surface area contributed by atoms with Crippen LogP contribution in [0.1, 0.15) is 33.4 Å². The molecule has 0 atom stereocenters. The number of carboxylic acids is 1. The largest absolute Gasteiger partial charge is 0.481 e. The normalized spacial score (nSPS) is 12.3. The molecule has 0 amide bonds. The molecular formula is C14H22N2O3. The highest BCUT2D eigenvalue weighted by molar-refractivity contribution is 5.75. The van der Waals surface area contributed by atoms with Crippen LogP contribution in [0.3, 0.4) is 0 Å². The first-order valence-electron chi connectivity index (χ1n) is 6.19. The third-order valence-corrected chi connectivity index (χ3v) is 3.80. The summed E-state index contributed by atoms with van der Waals surface area (Å²) < 4.78 is 5.06. The van der Waals surface area contributed by atoms with Gasteiger partial charge in [-0.3, -0.25) is 4.79 Å². The number of pyridine rings is 1. The lowest BCUT2D eigenvalue weighted by atomic mass is 9.74. The molecule has 0 saturated carbocycles. The first-order valence-corrected chi connectivity index (χ1v) is 6.19. The van der Waals surface area contributed by atoms with Crippen molar-refractivity contribution >= 4 is 5.97 Å². The fraction of sp³-hybridized carbons (Fsp3) is 0.571. The van der Waals surface area contributed by atoms with Gasteiger partial charge in [-0.2, -0.15) is 0 Å². The summed E-state index contributed by atoms with van der Waals surface area (Å²) in [5.74, 6) is -0.279. The smallest absolute Gasteiger partial charge is 0.310 e. The van der Waals surface area contributed by atoms with E-state index in [1.165, 1.54) is 0 Å². The zero-order valence-electron chi connectivity index (χ0n) is 12.2. The predicted octanol–water partition coefficient (Wildman–Crippen LogP) is 2.07. The van der Waals surface area contributed by atoms with Crippen molar-refractivity contribution in [1.82, 2.24) is 10.3 Å². The molecule has 0 unspecified atom stereocenters. The molecule has 0 saturated heterocycles. The van der Waals surface area contributed by atoms with Crippen LogP contribution in [0.2, 0.25) is 0 Å². The Hall–Kier alpha value is -1.62. The van der Waals surface area contributed by atoms with E-state index < -0.39 is 16.9 Å². The van der Waals surface area contributed by atoms with E-state index in [1.54, 1.807) is 27.0 Å². The van der Waals surface area contributed by atoms with Crippen LogP contribution in [-0.4, -0.2) is 28.7 Å².